The van der Waals surface area contributed by atoms with Gasteiger partial charge in [0.15, 0.2) is 0 Å². The Hall–Kier alpha value is -1.13. The van der Waals surface area contributed by atoms with Crippen molar-refractivity contribution in [1.29, 1.82) is 0 Å². The van der Waals surface area contributed by atoms with E-state index in [2.05, 4.69) is 10.4 Å². The molecule has 0 radical (unpaired) electrons. The van der Waals surface area contributed by atoms with Crippen LogP contribution in [0.25, 0.3) is 0 Å². The Morgan fingerprint density at radius 3 is 3.00 bits per heavy atom. The van der Waals surface area contributed by atoms with Crippen LogP contribution in [0.4, 0.5) is 5.82 Å². The molecule has 0 saturated carbocycles. The third kappa shape index (κ3) is 2.18. The Kier molecular flexibility index (Phi) is 2.83. The van der Waals surface area contributed by atoms with Gasteiger partial charge in [0.25, 0.3) is 0 Å². The highest BCUT2D eigenvalue weighted by Gasteiger charge is 1.96. The molecule has 11 heavy (non-hydrogen) atoms. The first kappa shape index (κ1) is 7.97. The Labute approximate surface area is 66.0 Å². The van der Waals surface area contributed by atoms with Crippen LogP contribution in [0.2, 0.25) is 0 Å². The fraction of sp³-hybridized carbons (Fsp3) is 0.286. The van der Waals surface area contributed by atoms with E-state index in [0.29, 0.717) is 6.67 Å². The topological polar surface area (TPSA) is 54.2 Å². The lowest BCUT2D eigenvalue weighted by Gasteiger charge is -2.16. The molecule has 1 aromatic rings. The molecule has 0 atom stereocenters. The summed E-state index contributed by atoms with van der Waals surface area (Å²) >= 11 is 0. The van der Waals surface area contributed by atoms with Gasteiger partial charge < -0.3 is 4.90 Å². The molecule has 4 heteroatoms. The fourth-order valence-electron chi connectivity index (χ4n) is 0.797. The highest BCUT2D eigenvalue weighted by Crippen LogP contribution is 2.03. The van der Waals surface area contributed by atoms with E-state index in [0.717, 1.165) is 5.82 Å². The van der Waals surface area contributed by atoms with Crippen LogP contribution in [-0.4, -0.2) is 18.7 Å². The molecule has 1 aromatic heterocycles. The summed E-state index contributed by atoms with van der Waals surface area (Å²) in [6, 6.07) is 5.75. The molecular weight excluding hydrogens is 140 g/mol. The summed E-state index contributed by atoms with van der Waals surface area (Å²) in [6.45, 7) is 0.594. The second-order valence-electron chi connectivity index (χ2n) is 2.25. The number of hydrogen-bond acceptors (Lipinski definition) is 4. The molecule has 0 aliphatic rings. The number of nitrogens with two attached hydrogens (primary N) is 1. The van der Waals surface area contributed by atoms with E-state index in [1.807, 2.05) is 30.1 Å². The largest absolute Gasteiger partial charge is 0.346 e. The fourth-order valence-corrected chi connectivity index (χ4v) is 0.797. The van der Waals surface area contributed by atoms with Crippen LogP contribution in [0, 0.1) is 0 Å². The number of pyridine rings is 1. The van der Waals surface area contributed by atoms with Crippen molar-refractivity contribution in [2.75, 3.05) is 18.6 Å². The molecule has 60 valence electrons. The van der Waals surface area contributed by atoms with E-state index in [1.54, 1.807) is 6.20 Å². The third-order valence-corrected chi connectivity index (χ3v) is 1.37. The van der Waals surface area contributed by atoms with Crippen molar-refractivity contribution in [2.45, 2.75) is 0 Å². The smallest absolute Gasteiger partial charge is 0.129 e. The van der Waals surface area contributed by atoms with Gasteiger partial charge in [-0.2, -0.15) is 0 Å². The number of rotatable bonds is 3. The number of hydrazine groups is 1. The lowest BCUT2D eigenvalue weighted by Crippen LogP contribution is -2.35. The van der Waals surface area contributed by atoms with E-state index in [1.165, 1.54) is 0 Å². The van der Waals surface area contributed by atoms with Crippen molar-refractivity contribution < 1.29 is 0 Å². The highest BCUT2D eigenvalue weighted by molar-refractivity contribution is 5.35. The van der Waals surface area contributed by atoms with Gasteiger partial charge in [-0.05, 0) is 12.1 Å². The molecule has 0 aromatic carbocycles. The summed E-state index contributed by atoms with van der Waals surface area (Å²) in [5.74, 6) is 6.06. The van der Waals surface area contributed by atoms with Crippen molar-refractivity contribution in [3.05, 3.63) is 24.4 Å². The molecule has 0 spiro atoms. The molecule has 0 aliphatic heterocycles. The number of aromatic nitrogens is 1. The lowest BCUT2D eigenvalue weighted by atomic mass is 10.4. The molecule has 0 bridgehead atoms. The normalized spacial score (nSPS) is 9.64. The number of nitrogens with zero attached hydrogens (tertiary/aromatic N) is 2. The Morgan fingerprint density at radius 1 is 1.64 bits per heavy atom. The second kappa shape index (κ2) is 3.90. The minimum absolute atomic E-state index is 0.594. The molecule has 0 aliphatic carbocycles. The predicted molar refractivity (Wildman–Crippen MR) is 44.8 cm³/mol. The first-order valence-electron chi connectivity index (χ1n) is 3.40. The summed E-state index contributed by atoms with van der Waals surface area (Å²) in [7, 11) is 1.92. The van der Waals surface area contributed by atoms with Crippen molar-refractivity contribution in [3.63, 3.8) is 0 Å². The van der Waals surface area contributed by atoms with Crippen molar-refractivity contribution in [2.24, 2.45) is 5.84 Å². The molecule has 1 rings (SSSR count). The Balaban J connectivity index is 2.61. The monoisotopic (exact) mass is 152 g/mol. The molecule has 0 unspecified atom stereocenters. The predicted octanol–water partition coefficient (Wildman–Crippen LogP) is -0.0614. The maximum absolute atomic E-state index is 5.15. The second-order valence-corrected chi connectivity index (χ2v) is 2.25. The summed E-state index contributed by atoms with van der Waals surface area (Å²) in [5.41, 5.74) is 2.55. The zero-order valence-electron chi connectivity index (χ0n) is 6.49. The minimum atomic E-state index is 0.594. The summed E-state index contributed by atoms with van der Waals surface area (Å²) in [5, 5.41) is 0. The minimum Gasteiger partial charge on any atom is -0.346 e. The molecule has 3 N–H and O–H groups in total. The van der Waals surface area contributed by atoms with Gasteiger partial charge in [-0.25, -0.2) is 10.4 Å². The van der Waals surface area contributed by atoms with Crippen LogP contribution in [0.5, 0.6) is 0 Å². The van der Waals surface area contributed by atoms with Crippen LogP contribution < -0.4 is 16.2 Å². The van der Waals surface area contributed by atoms with Crippen LogP contribution in [-0.2, 0) is 0 Å². The van der Waals surface area contributed by atoms with Crippen LogP contribution in [0.1, 0.15) is 0 Å². The van der Waals surface area contributed by atoms with Gasteiger partial charge in [0.2, 0.25) is 0 Å². The third-order valence-electron chi connectivity index (χ3n) is 1.37. The average molecular weight is 152 g/mol. The van der Waals surface area contributed by atoms with E-state index >= 15 is 0 Å². The first-order valence-corrected chi connectivity index (χ1v) is 3.40. The van der Waals surface area contributed by atoms with Gasteiger partial charge in [0.05, 0.1) is 6.67 Å². The van der Waals surface area contributed by atoms with Gasteiger partial charge >= 0.3 is 0 Å². The lowest BCUT2D eigenvalue weighted by molar-refractivity contribution is 0.711. The van der Waals surface area contributed by atoms with Gasteiger partial charge in [-0.1, -0.05) is 6.07 Å². The Morgan fingerprint density at radius 2 is 2.45 bits per heavy atom. The molecule has 0 fully saturated rings. The van der Waals surface area contributed by atoms with Gasteiger partial charge in [0, 0.05) is 13.2 Å². The van der Waals surface area contributed by atoms with E-state index in [4.69, 9.17) is 5.84 Å². The molecular formula is C7H12N4. The number of anilines is 1. The van der Waals surface area contributed by atoms with E-state index in [-0.39, 0.29) is 0 Å². The summed E-state index contributed by atoms with van der Waals surface area (Å²) < 4.78 is 0. The zero-order chi connectivity index (χ0) is 8.10. The molecule has 1 heterocycles. The summed E-state index contributed by atoms with van der Waals surface area (Å²) in [6.07, 6.45) is 1.75. The van der Waals surface area contributed by atoms with E-state index in [9.17, 15) is 0 Å². The molecule has 0 saturated heterocycles. The van der Waals surface area contributed by atoms with E-state index < -0.39 is 0 Å². The van der Waals surface area contributed by atoms with Crippen LogP contribution >= 0.6 is 0 Å². The van der Waals surface area contributed by atoms with Crippen LogP contribution in [0.15, 0.2) is 24.4 Å². The van der Waals surface area contributed by atoms with Crippen molar-refractivity contribution in [3.8, 4) is 0 Å². The average Bonchev–Trinajstić information content (AvgIpc) is 2.07. The quantitative estimate of drug-likeness (QED) is 0.362. The van der Waals surface area contributed by atoms with Crippen molar-refractivity contribution in [1.82, 2.24) is 10.4 Å². The number of hydrogen-bond donors (Lipinski definition) is 2. The zero-order valence-corrected chi connectivity index (χ0v) is 6.49. The van der Waals surface area contributed by atoms with Gasteiger partial charge in [-0.15, -0.1) is 0 Å². The van der Waals surface area contributed by atoms with Gasteiger partial charge in [-0.3, -0.25) is 5.84 Å². The SMILES string of the molecule is CN(CNN)c1ccccn1. The molecule has 4 nitrogen and oxygen atoms in total. The maximum atomic E-state index is 5.15. The van der Waals surface area contributed by atoms with Crippen LogP contribution in [0.3, 0.4) is 0 Å². The highest BCUT2D eigenvalue weighted by atomic mass is 15.3. The van der Waals surface area contributed by atoms with Crippen molar-refractivity contribution >= 4 is 5.82 Å². The maximum Gasteiger partial charge on any atom is 0.129 e. The Bertz CT molecular complexity index is 199. The number of nitrogens with one attached hydrogen (secondary N) is 1. The molecule has 0 amide bonds. The first-order chi connectivity index (χ1) is 5.34. The summed E-state index contributed by atoms with van der Waals surface area (Å²) in [4.78, 5) is 6.04. The standard InChI is InChI=1S/C7H12N4/c1-11(6-10-8)7-4-2-3-5-9-7/h2-5,10H,6,8H2,1H3. The van der Waals surface area contributed by atoms with Gasteiger partial charge in [0.1, 0.15) is 5.82 Å².